The van der Waals surface area contributed by atoms with Gasteiger partial charge in [0, 0.05) is 6.92 Å². The van der Waals surface area contributed by atoms with Gasteiger partial charge in [-0.2, -0.15) is 0 Å². The average molecular weight is 147 g/mol. The molecule has 1 nitrogen and oxygen atoms in total. The predicted octanol–water partition coefficient (Wildman–Crippen LogP) is 1.25. The van der Waals surface area contributed by atoms with Crippen molar-refractivity contribution in [1.82, 2.24) is 5.32 Å². The molecular weight excluding hydrogens is 136 g/mol. The van der Waals surface area contributed by atoms with Gasteiger partial charge in [-0.1, -0.05) is 12.8 Å². The van der Waals surface area contributed by atoms with Gasteiger partial charge in [-0.3, -0.25) is 5.32 Å². The summed E-state index contributed by atoms with van der Waals surface area (Å²) >= 11 is 0. The molecule has 0 radical (unpaired) electrons. The van der Waals surface area contributed by atoms with Crippen LogP contribution in [0, 0.1) is 12.3 Å². The molecule has 0 aromatic carbocycles. The van der Waals surface area contributed by atoms with E-state index in [4.69, 9.17) is 6.42 Å². The summed E-state index contributed by atoms with van der Waals surface area (Å²) in [6.45, 7) is 2.99. The Balaban J connectivity index is 3.98. The van der Waals surface area contributed by atoms with Gasteiger partial charge in [0.15, 0.2) is 0 Å². The third kappa shape index (κ3) is 2.79. The number of nitrogens with one attached hydrogen (secondary N) is 1. The van der Waals surface area contributed by atoms with Crippen molar-refractivity contribution in [3.8, 4) is 12.3 Å². The maximum absolute atomic E-state index is 12.4. The Labute approximate surface area is 59.8 Å². The molecule has 0 aromatic rings. The van der Waals surface area contributed by atoms with Crippen molar-refractivity contribution in [2.75, 3.05) is 6.54 Å². The Morgan fingerprint density at radius 1 is 1.70 bits per heavy atom. The number of alkyl halides is 2. The molecule has 0 saturated heterocycles. The lowest BCUT2D eigenvalue weighted by atomic mass is 10.2. The van der Waals surface area contributed by atoms with E-state index in [9.17, 15) is 8.78 Å². The summed E-state index contributed by atoms with van der Waals surface area (Å²) in [6.07, 6.45) is 4.85. The summed E-state index contributed by atoms with van der Waals surface area (Å²) in [5, 5.41) is 2.49. The zero-order valence-electron chi connectivity index (χ0n) is 6.12. The van der Waals surface area contributed by atoms with Gasteiger partial charge in [-0.05, 0) is 6.54 Å². The third-order valence-corrected chi connectivity index (χ3v) is 1.08. The number of hydrogen-bond acceptors (Lipinski definition) is 1. The molecule has 58 valence electrons. The normalized spacial score (nSPS) is 14.3. The molecule has 0 bridgehead atoms. The number of rotatable bonds is 3. The van der Waals surface area contributed by atoms with E-state index in [0.717, 1.165) is 6.92 Å². The molecule has 0 heterocycles. The molecular formula is C7H11F2N. The van der Waals surface area contributed by atoms with Gasteiger partial charge in [-0.25, -0.2) is 8.78 Å². The Morgan fingerprint density at radius 3 is 2.30 bits per heavy atom. The van der Waals surface area contributed by atoms with Crippen LogP contribution in [0.4, 0.5) is 8.78 Å². The van der Waals surface area contributed by atoms with Gasteiger partial charge in [0.2, 0.25) is 0 Å². The Morgan fingerprint density at radius 2 is 2.20 bits per heavy atom. The minimum atomic E-state index is -2.83. The Kier molecular flexibility index (Phi) is 3.31. The molecule has 10 heavy (non-hydrogen) atoms. The van der Waals surface area contributed by atoms with E-state index in [1.807, 2.05) is 5.92 Å². The molecule has 0 spiro atoms. The highest BCUT2D eigenvalue weighted by molar-refractivity contribution is 5.04. The van der Waals surface area contributed by atoms with Crippen LogP contribution in [0.5, 0.6) is 0 Å². The molecule has 0 aliphatic rings. The zero-order valence-corrected chi connectivity index (χ0v) is 6.12. The third-order valence-electron chi connectivity index (χ3n) is 1.08. The first-order valence-electron chi connectivity index (χ1n) is 3.09. The van der Waals surface area contributed by atoms with Gasteiger partial charge >= 0.3 is 0 Å². The summed E-state index contributed by atoms with van der Waals surface area (Å²) in [7, 11) is 0. The molecule has 0 saturated carbocycles. The summed E-state index contributed by atoms with van der Waals surface area (Å²) in [5.41, 5.74) is 0. The molecule has 0 aliphatic carbocycles. The van der Waals surface area contributed by atoms with Gasteiger partial charge in [0.25, 0.3) is 5.92 Å². The SMILES string of the molecule is C#CC(NCC)C(C)(F)F. The van der Waals surface area contributed by atoms with Crippen LogP contribution in [0.2, 0.25) is 0 Å². The van der Waals surface area contributed by atoms with Crippen LogP contribution >= 0.6 is 0 Å². The van der Waals surface area contributed by atoms with E-state index >= 15 is 0 Å². The highest BCUT2D eigenvalue weighted by Crippen LogP contribution is 2.15. The van der Waals surface area contributed by atoms with E-state index < -0.39 is 12.0 Å². The molecule has 0 amide bonds. The van der Waals surface area contributed by atoms with Crippen molar-refractivity contribution in [2.45, 2.75) is 25.8 Å². The molecule has 0 aliphatic heterocycles. The standard InChI is InChI=1S/C7H11F2N/c1-4-6(10-5-2)7(3,8)9/h1,6,10H,5H2,2-3H3. The first-order valence-corrected chi connectivity index (χ1v) is 3.09. The number of terminal acetylenes is 1. The number of hydrogen-bond donors (Lipinski definition) is 1. The molecule has 0 rings (SSSR count). The molecule has 1 unspecified atom stereocenters. The summed E-state index contributed by atoms with van der Waals surface area (Å²) in [6, 6.07) is -1.14. The van der Waals surface area contributed by atoms with E-state index in [1.54, 1.807) is 6.92 Å². The average Bonchev–Trinajstić information content (AvgIpc) is 1.80. The van der Waals surface area contributed by atoms with Crippen LogP contribution in [-0.2, 0) is 0 Å². The maximum Gasteiger partial charge on any atom is 0.271 e. The van der Waals surface area contributed by atoms with E-state index in [1.165, 1.54) is 0 Å². The summed E-state index contributed by atoms with van der Waals surface area (Å²) < 4.78 is 24.7. The lowest BCUT2D eigenvalue weighted by Gasteiger charge is -2.18. The van der Waals surface area contributed by atoms with E-state index in [0.29, 0.717) is 6.54 Å². The topological polar surface area (TPSA) is 12.0 Å². The minimum Gasteiger partial charge on any atom is -0.299 e. The first-order chi connectivity index (χ1) is 4.52. The molecule has 1 N–H and O–H groups in total. The second kappa shape index (κ2) is 3.52. The fraction of sp³-hybridized carbons (Fsp3) is 0.714. The minimum absolute atomic E-state index is 0.457. The van der Waals surface area contributed by atoms with Crippen molar-refractivity contribution >= 4 is 0 Å². The van der Waals surface area contributed by atoms with Crippen LogP contribution in [0.3, 0.4) is 0 Å². The van der Waals surface area contributed by atoms with Crippen LogP contribution < -0.4 is 5.32 Å². The largest absolute Gasteiger partial charge is 0.299 e. The van der Waals surface area contributed by atoms with Gasteiger partial charge in [0.05, 0.1) is 0 Å². The zero-order chi connectivity index (χ0) is 8.20. The monoisotopic (exact) mass is 147 g/mol. The van der Waals surface area contributed by atoms with Crippen molar-refractivity contribution in [3.63, 3.8) is 0 Å². The second-order valence-electron chi connectivity index (χ2n) is 2.11. The Hall–Kier alpha value is -0.620. The van der Waals surface area contributed by atoms with Crippen LogP contribution in [0.1, 0.15) is 13.8 Å². The van der Waals surface area contributed by atoms with Gasteiger partial charge in [0.1, 0.15) is 6.04 Å². The molecule has 0 aromatic heterocycles. The maximum atomic E-state index is 12.4. The van der Waals surface area contributed by atoms with Gasteiger partial charge in [-0.15, -0.1) is 6.42 Å². The highest BCUT2D eigenvalue weighted by Gasteiger charge is 2.31. The first kappa shape index (κ1) is 9.38. The highest BCUT2D eigenvalue weighted by atomic mass is 19.3. The van der Waals surface area contributed by atoms with Crippen LogP contribution in [0.15, 0.2) is 0 Å². The van der Waals surface area contributed by atoms with Crippen molar-refractivity contribution < 1.29 is 8.78 Å². The lowest BCUT2D eigenvalue weighted by Crippen LogP contribution is -2.41. The number of halogens is 2. The van der Waals surface area contributed by atoms with Crippen LogP contribution in [0.25, 0.3) is 0 Å². The molecule has 3 heteroatoms. The van der Waals surface area contributed by atoms with Crippen molar-refractivity contribution in [2.24, 2.45) is 0 Å². The molecule has 1 atom stereocenters. The smallest absolute Gasteiger partial charge is 0.271 e. The fourth-order valence-electron chi connectivity index (χ4n) is 0.589. The Bertz CT molecular complexity index is 132. The lowest BCUT2D eigenvalue weighted by molar-refractivity contribution is 0.00117. The molecule has 0 fully saturated rings. The predicted molar refractivity (Wildman–Crippen MR) is 36.9 cm³/mol. The van der Waals surface area contributed by atoms with Crippen molar-refractivity contribution in [1.29, 1.82) is 0 Å². The van der Waals surface area contributed by atoms with Gasteiger partial charge < -0.3 is 0 Å². The van der Waals surface area contributed by atoms with Crippen molar-refractivity contribution in [3.05, 3.63) is 0 Å². The van der Waals surface area contributed by atoms with E-state index in [-0.39, 0.29) is 0 Å². The second-order valence-corrected chi connectivity index (χ2v) is 2.11. The summed E-state index contributed by atoms with van der Waals surface area (Å²) in [5.74, 6) is -0.847. The van der Waals surface area contributed by atoms with Crippen LogP contribution in [-0.4, -0.2) is 18.5 Å². The summed E-state index contributed by atoms with van der Waals surface area (Å²) in [4.78, 5) is 0. The fourth-order valence-corrected chi connectivity index (χ4v) is 0.589. The van der Waals surface area contributed by atoms with E-state index in [2.05, 4.69) is 5.32 Å². The quantitative estimate of drug-likeness (QED) is 0.592.